The lowest BCUT2D eigenvalue weighted by atomic mass is 10.2. The van der Waals surface area contributed by atoms with Gasteiger partial charge in [-0.1, -0.05) is 15.9 Å². The van der Waals surface area contributed by atoms with Crippen LogP contribution in [0.5, 0.6) is 5.75 Å². The molecule has 26 heavy (non-hydrogen) atoms. The van der Waals surface area contributed by atoms with Gasteiger partial charge in [0.25, 0.3) is 5.91 Å². The molecule has 136 valence electrons. The van der Waals surface area contributed by atoms with E-state index in [9.17, 15) is 9.59 Å². The molecule has 0 aromatic heterocycles. The molecule has 0 radical (unpaired) electrons. The lowest BCUT2D eigenvalue weighted by Gasteiger charge is -2.05. The molecule has 2 aromatic rings. The summed E-state index contributed by atoms with van der Waals surface area (Å²) in [6, 6.07) is 14.4. The number of carbonyl (C=O) groups excluding carboxylic acids is 2. The number of nitrogens with zero attached hydrogens (tertiary/aromatic N) is 1. The molecule has 1 amide bonds. The number of anilines is 1. The van der Waals surface area contributed by atoms with Crippen LogP contribution in [0, 0.1) is 0 Å². The van der Waals surface area contributed by atoms with Gasteiger partial charge in [0.2, 0.25) is 0 Å². The van der Waals surface area contributed by atoms with E-state index in [2.05, 4.69) is 36.5 Å². The summed E-state index contributed by atoms with van der Waals surface area (Å²) >= 11 is 3.35. The quantitative estimate of drug-likeness (QED) is 0.389. The van der Waals surface area contributed by atoms with Crippen molar-refractivity contribution in [3.8, 4) is 5.75 Å². The van der Waals surface area contributed by atoms with Gasteiger partial charge in [-0.15, -0.1) is 0 Å². The van der Waals surface area contributed by atoms with E-state index < -0.39 is 5.97 Å². The molecule has 0 bridgehead atoms. The third-order valence-electron chi connectivity index (χ3n) is 3.16. The van der Waals surface area contributed by atoms with Crippen molar-refractivity contribution in [3.05, 3.63) is 58.6 Å². The number of ether oxygens (including phenoxy) is 2. The van der Waals surface area contributed by atoms with Crippen LogP contribution in [-0.4, -0.2) is 38.4 Å². The van der Waals surface area contributed by atoms with Crippen LogP contribution in [0.4, 0.5) is 5.69 Å². The summed E-state index contributed by atoms with van der Waals surface area (Å²) in [6.07, 6.45) is 1.52. The molecule has 8 heteroatoms. The van der Waals surface area contributed by atoms with E-state index in [1.54, 1.807) is 24.3 Å². The van der Waals surface area contributed by atoms with Crippen LogP contribution < -0.4 is 15.5 Å². The highest BCUT2D eigenvalue weighted by atomic mass is 79.9. The summed E-state index contributed by atoms with van der Waals surface area (Å²) in [5, 5.41) is 6.89. The van der Waals surface area contributed by atoms with Crippen molar-refractivity contribution < 1.29 is 19.1 Å². The highest BCUT2D eigenvalue weighted by Crippen LogP contribution is 2.13. The van der Waals surface area contributed by atoms with Crippen LogP contribution in [0.25, 0.3) is 0 Å². The second kappa shape index (κ2) is 10.2. The number of amides is 1. The summed E-state index contributed by atoms with van der Waals surface area (Å²) in [4.78, 5) is 22.7. The fourth-order valence-corrected chi connectivity index (χ4v) is 2.08. The standard InChI is InChI=1S/C18H18BrN3O4/c1-25-18(24)12-26-16-8-2-13(3-9-16)10-21-22-17(23)11-20-15-6-4-14(19)5-7-15/h2-10,20H,11-12H2,1H3,(H,22,23)/b21-10-. The van der Waals surface area contributed by atoms with Crippen molar-refractivity contribution in [1.29, 1.82) is 0 Å². The number of hydrazone groups is 1. The number of hydrogen-bond acceptors (Lipinski definition) is 6. The van der Waals surface area contributed by atoms with Gasteiger partial charge in [0.1, 0.15) is 5.75 Å². The normalized spacial score (nSPS) is 10.4. The minimum absolute atomic E-state index is 0.110. The van der Waals surface area contributed by atoms with Crippen LogP contribution in [0.3, 0.4) is 0 Å². The molecule has 2 N–H and O–H groups in total. The van der Waals surface area contributed by atoms with Gasteiger partial charge >= 0.3 is 5.97 Å². The third kappa shape index (κ3) is 6.94. The average Bonchev–Trinajstić information content (AvgIpc) is 2.66. The van der Waals surface area contributed by atoms with Gasteiger partial charge in [0, 0.05) is 10.2 Å². The minimum atomic E-state index is -0.449. The highest BCUT2D eigenvalue weighted by molar-refractivity contribution is 9.10. The van der Waals surface area contributed by atoms with Crippen molar-refractivity contribution in [3.63, 3.8) is 0 Å². The first-order valence-corrected chi connectivity index (χ1v) is 8.47. The lowest BCUT2D eigenvalue weighted by molar-refractivity contribution is -0.142. The molecule has 0 saturated heterocycles. The van der Waals surface area contributed by atoms with Crippen molar-refractivity contribution in [1.82, 2.24) is 5.43 Å². The topological polar surface area (TPSA) is 89.0 Å². The van der Waals surface area contributed by atoms with Crippen molar-refractivity contribution >= 4 is 39.7 Å². The predicted molar refractivity (Wildman–Crippen MR) is 102 cm³/mol. The zero-order valence-corrected chi connectivity index (χ0v) is 15.7. The first-order valence-electron chi connectivity index (χ1n) is 7.68. The first kappa shape index (κ1) is 19.5. The molecular formula is C18H18BrN3O4. The smallest absolute Gasteiger partial charge is 0.343 e. The summed E-state index contributed by atoms with van der Waals surface area (Å²) in [7, 11) is 1.30. The summed E-state index contributed by atoms with van der Waals surface area (Å²) in [6.45, 7) is -0.0371. The first-order chi connectivity index (χ1) is 12.6. The number of halogens is 1. The maximum Gasteiger partial charge on any atom is 0.343 e. The SMILES string of the molecule is COC(=O)COc1ccc(/C=N\NC(=O)CNc2ccc(Br)cc2)cc1. The molecule has 2 aromatic carbocycles. The Labute approximate surface area is 159 Å². The monoisotopic (exact) mass is 419 g/mol. The fraction of sp³-hybridized carbons (Fsp3) is 0.167. The van der Waals surface area contributed by atoms with E-state index in [0.717, 1.165) is 15.7 Å². The third-order valence-corrected chi connectivity index (χ3v) is 3.69. The lowest BCUT2D eigenvalue weighted by Crippen LogP contribution is -2.25. The van der Waals surface area contributed by atoms with Gasteiger partial charge in [0.05, 0.1) is 19.9 Å². The number of carbonyl (C=O) groups is 2. The van der Waals surface area contributed by atoms with Gasteiger partial charge in [-0.05, 0) is 54.1 Å². The summed E-state index contributed by atoms with van der Waals surface area (Å²) < 4.78 is 10.7. The van der Waals surface area contributed by atoms with E-state index in [0.29, 0.717) is 5.75 Å². The number of benzene rings is 2. The van der Waals surface area contributed by atoms with Crippen LogP contribution in [-0.2, 0) is 14.3 Å². The average molecular weight is 420 g/mol. The molecular weight excluding hydrogens is 402 g/mol. The minimum Gasteiger partial charge on any atom is -0.482 e. The zero-order valence-electron chi connectivity index (χ0n) is 14.1. The Morgan fingerprint density at radius 1 is 1.12 bits per heavy atom. The molecule has 2 rings (SSSR count). The summed E-state index contributed by atoms with van der Waals surface area (Å²) in [5.41, 5.74) is 4.06. The van der Waals surface area contributed by atoms with E-state index in [1.165, 1.54) is 13.3 Å². The van der Waals surface area contributed by atoms with Gasteiger partial charge in [-0.25, -0.2) is 10.2 Å². The number of hydrogen-bond donors (Lipinski definition) is 2. The molecule has 0 spiro atoms. The predicted octanol–water partition coefficient (Wildman–Crippen LogP) is 2.56. The molecule has 0 aliphatic rings. The van der Waals surface area contributed by atoms with E-state index in [1.807, 2.05) is 24.3 Å². The molecule has 0 unspecified atom stereocenters. The van der Waals surface area contributed by atoms with Crippen LogP contribution in [0.2, 0.25) is 0 Å². The second-order valence-electron chi connectivity index (χ2n) is 5.09. The van der Waals surface area contributed by atoms with Gasteiger partial charge in [0.15, 0.2) is 6.61 Å². The Morgan fingerprint density at radius 3 is 2.46 bits per heavy atom. The van der Waals surface area contributed by atoms with E-state index in [-0.39, 0.29) is 19.1 Å². The van der Waals surface area contributed by atoms with Gasteiger partial charge in [-0.2, -0.15) is 5.10 Å². The number of esters is 1. The van der Waals surface area contributed by atoms with Gasteiger partial charge < -0.3 is 14.8 Å². The molecule has 7 nitrogen and oxygen atoms in total. The number of methoxy groups -OCH3 is 1. The number of rotatable bonds is 8. The van der Waals surface area contributed by atoms with Crippen LogP contribution in [0.15, 0.2) is 58.1 Å². The Morgan fingerprint density at radius 2 is 1.81 bits per heavy atom. The van der Waals surface area contributed by atoms with Crippen molar-refractivity contribution in [2.45, 2.75) is 0 Å². The molecule has 0 saturated carbocycles. The van der Waals surface area contributed by atoms with Crippen molar-refractivity contribution in [2.24, 2.45) is 5.10 Å². The van der Waals surface area contributed by atoms with Crippen molar-refractivity contribution in [2.75, 3.05) is 25.6 Å². The molecule has 0 atom stereocenters. The Hall–Kier alpha value is -2.87. The second-order valence-corrected chi connectivity index (χ2v) is 6.00. The maximum atomic E-state index is 11.7. The van der Waals surface area contributed by atoms with Gasteiger partial charge in [-0.3, -0.25) is 4.79 Å². The zero-order chi connectivity index (χ0) is 18.8. The van der Waals surface area contributed by atoms with E-state index in [4.69, 9.17) is 4.74 Å². The Kier molecular flexibility index (Phi) is 7.63. The number of nitrogens with one attached hydrogen (secondary N) is 2. The fourth-order valence-electron chi connectivity index (χ4n) is 1.82. The maximum absolute atomic E-state index is 11.7. The molecule has 0 heterocycles. The molecule has 0 fully saturated rings. The Bertz CT molecular complexity index is 761. The Balaban J connectivity index is 1.74. The van der Waals surface area contributed by atoms with Crippen LogP contribution >= 0.6 is 15.9 Å². The van der Waals surface area contributed by atoms with Crippen LogP contribution in [0.1, 0.15) is 5.56 Å². The molecule has 0 aliphatic heterocycles. The largest absolute Gasteiger partial charge is 0.482 e. The summed E-state index contributed by atoms with van der Waals surface area (Å²) in [5.74, 6) is -0.174. The highest BCUT2D eigenvalue weighted by Gasteiger charge is 2.02. The van der Waals surface area contributed by atoms with E-state index >= 15 is 0 Å². The molecule has 0 aliphatic carbocycles.